The number of hydrogen-bond donors (Lipinski definition) is 0. The van der Waals surface area contributed by atoms with Crippen LogP contribution in [-0.4, -0.2) is 65.9 Å². The molecule has 0 aliphatic carbocycles. The lowest BCUT2D eigenvalue weighted by Crippen LogP contribution is -2.34. The Labute approximate surface area is 126 Å². The quantitative estimate of drug-likeness (QED) is 0.694. The number of nitrogens with zero attached hydrogens (tertiary/aromatic N) is 4. The van der Waals surface area contributed by atoms with Crippen LogP contribution in [0.2, 0.25) is 0 Å². The minimum atomic E-state index is -0.0250. The van der Waals surface area contributed by atoms with Gasteiger partial charge in [0.05, 0.1) is 18.3 Å². The summed E-state index contributed by atoms with van der Waals surface area (Å²) in [6, 6.07) is 0. The van der Waals surface area contributed by atoms with Gasteiger partial charge in [-0.05, 0) is 20.9 Å². The molecule has 0 radical (unpaired) electrons. The fraction of sp³-hybridized carbons (Fsp3) is 0.733. The lowest BCUT2D eigenvalue weighted by molar-refractivity contribution is -0.118. The van der Waals surface area contributed by atoms with Gasteiger partial charge in [0.15, 0.2) is 0 Å². The van der Waals surface area contributed by atoms with Crippen LogP contribution >= 0.6 is 0 Å². The van der Waals surface area contributed by atoms with Crippen LogP contribution in [0.25, 0.3) is 0 Å². The van der Waals surface area contributed by atoms with Gasteiger partial charge in [-0.3, -0.25) is 9.48 Å². The third-order valence-corrected chi connectivity index (χ3v) is 4.02. The third-order valence-electron chi connectivity index (χ3n) is 4.02. The van der Waals surface area contributed by atoms with Crippen LogP contribution in [0.15, 0.2) is 0 Å². The first-order valence-corrected chi connectivity index (χ1v) is 7.56. The van der Waals surface area contributed by atoms with E-state index in [0.29, 0.717) is 19.7 Å². The molecule has 1 aliphatic rings. The molecule has 6 heteroatoms. The second-order valence-corrected chi connectivity index (χ2v) is 5.80. The van der Waals surface area contributed by atoms with Crippen molar-refractivity contribution in [2.75, 3.05) is 33.8 Å². The van der Waals surface area contributed by atoms with E-state index in [1.54, 1.807) is 11.9 Å². The second-order valence-electron chi connectivity index (χ2n) is 5.80. The standard InChI is InChI=1S/C15H26N4O2/c1-5-21-13(8-18(4)11-20)9-19-12(2)14-10-17(3)7-6-15(14)16-19/h11,13H,5-10H2,1-4H3. The SMILES string of the molecule is CCOC(CN(C)C=O)Cn1nc2c(c1C)CN(C)CC2. The minimum Gasteiger partial charge on any atom is -0.375 e. The van der Waals surface area contributed by atoms with E-state index in [1.807, 2.05) is 11.6 Å². The molecular weight excluding hydrogens is 268 g/mol. The summed E-state index contributed by atoms with van der Waals surface area (Å²) in [6.07, 6.45) is 1.82. The first-order valence-electron chi connectivity index (χ1n) is 7.56. The number of ether oxygens (including phenoxy) is 1. The van der Waals surface area contributed by atoms with E-state index in [-0.39, 0.29) is 6.10 Å². The molecule has 0 N–H and O–H groups in total. The van der Waals surface area contributed by atoms with Gasteiger partial charge in [-0.15, -0.1) is 0 Å². The van der Waals surface area contributed by atoms with E-state index in [9.17, 15) is 4.79 Å². The van der Waals surface area contributed by atoms with Crippen molar-refractivity contribution >= 4 is 6.41 Å². The van der Waals surface area contributed by atoms with Crippen molar-refractivity contribution in [1.82, 2.24) is 19.6 Å². The van der Waals surface area contributed by atoms with Gasteiger partial charge in [0.25, 0.3) is 0 Å². The lowest BCUT2D eigenvalue weighted by atomic mass is 10.1. The molecular formula is C15H26N4O2. The van der Waals surface area contributed by atoms with E-state index in [1.165, 1.54) is 17.0 Å². The van der Waals surface area contributed by atoms with Crippen LogP contribution < -0.4 is 0 Å². The number of aromatic nitrogens is 2. The van der Waals surface area contributed by atoms with Gasteiger partial charge < -0.3 is 14.5 Å². The molecule has 0 saturated carbocycles. The molecule has 0 aromatic carbocycles. The summed E-state index contributed by atoms with van der Waals surface area (Å²) < 4.78 is 7.80. The number of carbonyl (C=O) groups is 1. The second kappa shape index (κ2) is 7.04. The highest BCUT2D eigenvalue weighted by Crippen LogP contribution is 2.21. The molecule has 1 aromatic heterocycles. The van der Waals surface area contributed by atoms with Crippen molar-refractivity contribution < 1.29 is 9.53 Å². The number of likely N-dealkylation sites (N-methyl/N-ethyl adjacent to an activating group) is 2. The van der Waals surface area contributed by atoms with E-state index >= 15 is 0 Å². The van der Waals surface area contributed by atoms with Crippen LogP contribution in [0.1, 0.15) is 23.9 Å². The van der Waals surface area contributed by atoms with Crippen LogP contribution in [0, 0.1) is 6.92 Å². The van der Waals surface area contributed by atoms with Gasteiger partial charge in [-0.25, -0.2) is 0 Å². The van der Waals surface area contributed by atoms with Gasteiger partial charge in [0.1, 0.15) is 0 Å². The summed E-state index contributed by atoms with van der Waals surface area (Å²) in [6.45, 7) is 8.04. The molecule has 0 spiro atoms. The molecule has 1 aromatic rings. The van der Waals surface area contributed by atoms with Gasteiger partial charge in [0, 0.05) is 51.0 Å². The zero-order chi connectivity index (χ0) is 15.4. The van der Waals surface area contributed by atoms with Crippen LogP contribution in [0.5, 0.6) is 0 Å². The van der Waals surface area contributed by atoms with Gasteiger partial charge in [-0.2, -0.15) is 5.10 Å². The zero-order valence-electron chi connectivity index (χ0n) is 13.5. The van der Waals surface area contributed by atoms with E-state index in [4.69, 9.17) is 9.84 Å². The molecule has 2 heterocycles. The topological polar surface area (TPSA) is 50.6 Å². The highest BCUT2D eigenvalue weighted by molar-refractivity contribution is 5.46. The van der Waals surface area contributed by atoms with Crippen molar-refractivity contribution in [3.8, 4) is 0 Å². The average Bonchev–Trinajstić information content (AvgIpc) is 2.75. The third kappa shape index (κ3) is 3.83. The van der Waals surface area contributed by atoms with E-state index in [0.717, 1.165) is 25.9 Å². The fourth-order valence-electron chi connectivity index (χ4n) is 2.83. The van der Waals surface area contributed by atoms with Crippen molar-refractivity contribution in [2.24, 2.45) is 0 Å². The Balaban J connectivity index is 2.11. The summed E-state index contributed by atoms with van der Waals surface area (Å²) in [5.74, 6) is 0. The Hall–Kier alpha value is -1.40. The van der Waals surface area contributed by atoms with Crippen LogP contribution in [0.4, 0.5) is 0 Å². The van der Waals surface area contributed by atoms with Crippen molar-refractivity contribution in [2.45, 2.75) is 39.5 Å². The number of hydrogen-bond acceptors (Lipinski definition) is 4. The first kappa shape index (κ1) is 16.0. The van der Waals surface area contributed by atoms with Gasteiger partial charge >= 0.3 is 0 Å². The van der Waals surface area contributed by atoms with E-state index in [2.05, 4.69) is 18.9 Å². The molecule has 0 bridgehead atoms. The molecule has 21 heavy (non-hydrogen) atoms. The molecule has 1 aliphatic heterocycles. The van der Waals surface area contributed by atoms with Crippen molar-refractivity contribution in [1.29, 1.82) is 0 Å². The molecule has 0 fully saturated rings. The summed E-state index contributed by atoms with van der Waals surface area (Å²) in [4.78, 5) is 14.7. The highest BCUT2D eigenvalue weighted by atomic mass is 16.5. The smallest absolute Gasteiger partial charge is 0.209 e. The Morgan fingerprint density at radius 1 is 1.52 bits per heavy atom. The minimum absolute atomic E-state index is 0.0250. The maximum Gasteiger partial charge on any atom is 0.209 e. The van der Waals surface area contributed by atoms with Crippen LogP contribution in [0.3, 0.4) is 0 Å². The Morgan fingerprint density at radius 3 is 2.95 bits per heavy atom. The fourth-order valence-corrected chi connectivity index (χ4v) is 2.83. The molecule has 118 valence electrons. The zero-order valence-corrected chi connectivity index (χ0v) is 13.5. The average molecular weight is 294 g/mol. The molecule has 1 unspecified atom stereocenters. The van der Waals surface area contributed by atoms with Crippen LogP contribution in [-0.2, 0) is 29.0 Å². The normalized spacial score (nSPS) is 16.6. The number of rotatable bonds is 7. The van der Waals surface area contributed by atoms with Gasteiger partial charge in [0.2, 0.25) is 6.41 Å². The monoisotopic (exact) mass is 294 g/mol. The Morgan fingerprint density at radius 2 is 2.29 bits per heavy atom. The number of amides is 1. The molecule has 0 saturated heterocycles. The van der Waals surface area contributed by atoms with E-state index < -0.39 is 0 Å². The number of fused-ring (bicyclic) bond motifs is 1. The maximum absolute atomic E-state index is 10.8. The maximum atomic E-state index is 10.8. The summed E-state index contributed by atoms with van der Waals surface area (Å²) in [5.41, 5.74) is 3.78. The Bertz CT molecular complexity index is 486. The summed E-state index contributed by atoms with van der Waals surface area (Å²) >= 11 is 0. The number of carbonyl (C=O) groups excluding carboxylic acids is 1. The molecule has 1 amide bonds. The molecule has 2 rings (SSSR count). The largest absolute Gasteiger partial charge is 0.375 e. The lowest BCUT2D eigenvalue weighted by Gasteiger charge is -2.22. The summed E-state index contributed by atoms with van der Waals surface area (Å²) in [5, 5.41) is 4.74. The Kier molecular flexibility index (Phi) is 5.36. The van der Waals surface area contributed by atoms with Gasteiger partial charge in [-0.1, -0.05) is 0 Å². The highest BCUT2D eigenvalue weighted by Gasteiger charge is 2.22. The first-order chi connectivity index (χ1) is 10.0. The van der Waals surface area contributed by atoms with Crippen molar-refractivity contribution in [3.05, 3.63) is 17.0 Å². The predicted molar refractivity (Wildman–Crippen MR) is 81.1 cm³/mol. The van der Waals surface area contributed by atoms with Crippen molar-refractivity contribution in [3.63, 3.8) is 0 Å². The summed E-state index contributed by atoms with van der Waals surface area (Å²) in [7, 11) is 3.91. The molecule has 6 nitrogen and oxygen atoms in total. The predicted octanol–water partition coefficient (Wildman–Crippen LogP) is 0.673. The molecule has 1 atom stereocenters.